The van der Waals surface area contributed by atoms with Gasteiger partial charge in [-0.3, -0.25) is 9.59 Å². The molecule has 4 rings (SSSR count). The van der Waals surface area contributed by atoms with Crippen LogP contribution in [0.25, 0.3) is 21.5 Å². The minimum Gasteiger partial charge on any atom is -0.469 e. The molecule has 0 spiro atoms. The number of rotatable bonds is 3. The van der Waals surface area contributed by atoms with Gasteiger partial charge in [0, 0.05) is 0 Å². The number of esters is 2. The number of carbonyl (C=O) groups excluding carboxylic acids is 2. The quantitative estimate of drug-likeness (QED) is 0.529. The predicted octanol–water partition coefficient (Wildman–Crippen LogP) is 4.06. The van der Waals surface area contributed by atoms with Crippen LogP contribution in [0.2, 0.25) is 0 Å². The molecule has 1 aliphatic rings. The molecule has 0 amide bonds. The van der Waals surface area contributed by atoms with Gasteiger partial charge in [-0.1, -0.05) is 54.6 Å². The fourth-order valence-corrected chi connectivity index (χ4v) is 4.22. The molecule has 1 fully saturated rings. The molecular weight excluding hydrogens is 328 g/mol. The Hall–Kier alpha value is -2.88. The molecule has 0 aliphatic heterocycles. The second-order valence-corrected chi connectivity index (χ2v) is 6.75. The van der Waals surface area contributed by atoms with Crippen molar-refractivity contribution in [1.82, 2.24) is 0 Å². The first-order valence-electron chi connectivity index (χ1n) is 8.71. The SMILES string of the molecule is COC(=O)[C@H]1CC(c2cc3ccccc3c3ccccc23)[C@@H]1C(=O)OC. The van der Waals surface area contributed by atoms with Crippen molar-refractivity contribution in [3.05, 3.63) is 60.2 Å². The van der Waals surface area contributed by atoms with E-state index in [0.29, 0.717) is 6.42 Å². The third kappa shape index (κ3) is 2.45. The van der Waals surface area contributed by atoms with Gasteiger partial charge in [0.2, 0.25) is 0 Å². The highest BCUT2D eigenvalue weighted by molar-refractivity contribution is 6.09. The van der Waals surface area contributed by atoms with E-state index in [1.807, 2.05) is 24.3 Å². The van der Waals surface area contributed by atoms with Gasteiger partial charge in [0.1, 0.15) is 0 Å². The molecule has 3 aromatic carbocycles. The summed E-state index contributed by atoms with van der Waals surface area (Å²) in [4.78, 5) is 24.4. The van der Waals surface area contributed by atoms with Crippen molar-refractivity contribution in [2.75, 3.05) is 14.2 Å². The summed E-state index contributed by atoms with van der Waals surface area (Å²) in [5.41, 5.74) is 1.09. The highest BCUT2D eigenvalue weighted by Gasteiger charge is 2.51. The van der Waals surface area contributed by atoms with Gasteiger partial charge >= 0.3 is 11.9 Å². The Balaban J connectivity index is 1.87. The normalized spacial score (nSPS) is 22.0. The van der Waals surface area contributed by atoms with Crippen molar-refractivity contribution in [2.45, 2.75) is 12.3 Å². The monoisotopic (exact) mass is 348 g/mol. The van der Waals surface area contributed by atoms with Gasteiger partial charge in [-0.2, -0.15) is 0 Å². The zero-order valence-corrected chi connectivity index (χ0v) is 14.8. The molecule has 0 aromatic heterocycles. The van der Waals surface area contributed by atoms with Crippen LogP contribution in [0.1, 0.15) is 17.9 Å². The van der Waals surface area contributed by atoms with E-state index >= 15 is 0 Å². The van der Waals surface area contributed by atoms with E-state index < -0.39 is 11.8 Å². The highest BCUT2D eigenvalue weighted by atomic mass is 16.5. The maximum absolute atomic E-state index is 12.4. The van der Waals surface area contributed by atoms with Crippen molar-refractivity contribution in [1.29, 1.82) is 0 Å². The molecule has 26 heavy (non-hydrogen) atoms. The Morgan fingerprint density at radius 1 is 0.846 bits per heavy atom. The van der Waals surface area contributed by atoms with Crippen LogP contribution in [0, 0.1) is 11.8 Å². The third-order valence-electron chi connectivity index (χ3n) is 5.55. The van der Waals surface area contributed by atoms with Crippen LogP contribution in [0.15, 0.2) is 54.6 Å². The van der Waals surface area contributed by atoms with Gasteiger partial charge in [-0.25, -0.2) is 0 Å². The zero-order chi connectivity index (χ0) is 18.3. The number of hydrogen-bond donors (Lipinski definition) is 0. The van der Waals surface area contributed by atoms with E-state index in [9.17, 15) is 9.59 Å². The molecule has 0 N–H and O–H groups in total. The molecule has 1 aliphatic carbocycles. The number of methoxy groups -OCH3 is 2. The van der Waals surface area contributed by atoms with Crippen molar-refractivity contribution in [3.8, 4) is 0 Å². The van der Waals surface area contributed by atoms with Gasteiger partial charge in [-0.15, -0.1) is 0 Å². The van der Waals surface area contributed by atoms with E-state index in [4.69, 9.17) is 9.47 Å². The van der Waals surface area contributed by atoms with Gasteiger partial charge in [0.25, 0.3) is 0 Å². The number of ether oxygens (including phenoxy) is 2. The van der Waals surface area contributed by atoms with Gasteiger partial charge in [0.15, 0.2) is 0 Å². The van der Waals surface area contributed by atoms with Crippen LogP contribution < -0.4 is 0 Å². The molecule has 4 nitrogen and oxygen atoms in total. The van der Waals surface area contributed by atoms with E-state index in [1.165, 1.54) is 19.6 Å². The van der Waals surface area contributed by atoms with E-state index in [1.54, 1.807) is 0 Å². The van der Waals surface area contributed by atoms with Crippen LogP contribution in [-0.2, 0) is 19.1 Å². The molecule has 4 heteroatoms. The summed E-state index contributed by atoms with van der Waals surface area (Å²) in [6, 6.07) is 18.6. The molecular formula is C22H20O4. The molecule has 1 saturated carbocycles. The van der Waals surface area contributed by atoms with Crippen LogP contribution in [0.4, 0.5) is 0 Å². The summed E-state index contributed by atoms with van der Waals surface area (Å²) < 4.78 is 9.86. The minimum atomic E-state index is -0.503. The second kappa shape index (κ2) is 6.45. The molecule has 0 heterocycles. The van der Waals surface area contributed by atoms with Crippen molar-refractivity contribution in [2.24, 2.45) is 11.8 Å². The largest absolute Gasteiger partial charge is 0.469 e. The summed E-state index contributed by atoms with van der Waals surface area (Å²) in [6.07, 6.45) is 0.592. The van der Waals surface area contributed by atoms with E-state index in [0.717, 1.165) is 21.7 Å². The van der Waals surface area contributed by atoms with Gasteiger partial charge in [-0.05, 0) is 39.4 Å². The fraction of sp³-hybridized carbons (Fsp3) is 0.273. The van der Waals surface area contributed by atoms with Crippen molar-refractivity contribution in [3.63, 3.8) is 0 Å². The first-order valence-corrected chi connectivity index (χ1v) is 8.71. The average molecular weight is 348 g/mol. The maximum Gasteiger partial charge on any atom is 0.310 e. The third-order valence-corrected chi connectivity index (χ3v) is 5.55. The molecule has 3 atom stereocenters. The summed E-state index contributed by atoms with van der Waals surface area (Å²) in [7, 11) is 2.72. The molecule has 132 valence electrons. The minimum absolute atomic E-state index is 0.0546. The van der Waals surface area contributed by atoms with E-state index in [-0.39, 0.29) is 17.9 Å². The topological polar surface area (TPSA) is 52.6 Å². The van der Waals surface area contributed by atoms with E-state index in [2.05, 4.69) is 30.3 Å². The molecule has 3 aromatic rings. The zero-order valence-electron chi connectivity index (χ0n) is 14.8. The summed E-state index contributed by atoms with van der Waals surface area (Å²) in [5, 5.41) is 4.59. The lowest BCUT2D eigenvalue weighted by Crippen LogP contribution is -2.45. The van der Waals surface area contributed by atoms with Crippen LogP contribution in [0.3, 0.4) is 0 Å². The second-order valence-electron chi connectivity index (χ2n) is 6.75. The van der Waals surface area contributed by atoms with Crippen LogP contribution in [0.5, 0.6) is 0 Å². The number of fused-ring (bicyclic) bond motifs is 3. The van der Waals surface area contributed by atoms with Gasteiger partial charge in [0.05, 0.1) is 26.1 Å². The lowest BCUT2D eigenvalue weighted by Gasteiger charge is -2.41. The number of carbonyl (C=O) groups is 2. The van der Waals surface area contributed by atoms with Crippen molar-refractivity contribution >= 4 is 33.5 Å². The fourth-order valence-electron chi connectivity index (χ4n) is 4.22. The summed E-state index contributed by atoms with van der Waals surface area (Å²) in [5.74, 6) is -1.70. The lowest BCUT2D eigenvalue weighted by atomic mass is 9.61. The Kier molecular flexibility index (Phi) is 4.11. The number of benzene rings is 3. The maximum atomic E-state index is 12.4. The first-order chi connectivity index (χ1) is 12.7. The van der Waals surface area contributed by atoms with Crippen LogP contribution >= 0.6 is 0 Å². The average Bonchev–Trinajstić information content (AvgIpc) is 2.67. The molecule has 0 radical (unpaired) electrons. The van der Waals surface area contributed by atoms with Crippen molar-refractivity contribution < 1.29 is 19.1 Å². The number of hydrogen-bond acceptors (Lipinski definition) is 4. The Bertz CT molecular complexity index is 1010. The lowest BCUT2D eigenvalue weighted by molar-refractivity contribution is -0.166. The molecule has 0 saturated heterocycles. The Morgan fingerprint density at radius 2 is 1.46 bits per heavy atom. The van der Waals surface area contributed by atoms with Gasteiger partial charge < -0.3 is 9.47 Å². The smallest absolute Gasteiger partial charge is 0.310 e. The Morgan fingerprint density at radius 3 is 2.15 bits per heavy atom. The summed E-state index contributed by atoms with van der Waals surface area (Å²) in [6.45, 7) is 0. The molecule has 0 bridgehead atoms. The molecule has 1 unspecified atom stereocenters. The highest BCUT2D eigenvalue weighted by Crippen LogP contribution is 2.51. The Labute approximate surface area is 151 Å². The first kappa shape index (κ1) is 16.6. The van der Waals surface area contributed by atoms with Crippen LogP contribution in [-0.4, -0.2) is 26.2 Å². The predicted molar refractivity (Wildman–Crippen MR) is 99.8 cm³/mol. The summed E-state index contributed by atoms with van der Waals surface area (Å²) >= 11 is 0. The standard InChI is InChI=1S/C22H20O4/c1-25-21(23)19-12-18(20(19)22(24)26-2)17-11-13-7-3-4-8-14(13)15-9-5-6-10-16(15)17/h3-11,18-20H,12H2,1-2H3/t18?,19-,20-/m0/s1.